The third-order valence-corrected chi connectivity index (χ3v) is 15.6. The Kier molecular flexibility index (Phi) is 13.8. The highest BCUT2D eigenvalue weighted by molar-refractivity contribution is 5.93. The number of β-amino-alcohol motifs (C(OH)–C–C–N with tert-alkyl or cyclic N) is 1. The number of piperidine rings is 1. The summed E-state index contributed by atoms with van der Waals surface area (Å²) in [7, 11) is 3.38. The zero-order valence-electron chi connectivity index (χ0n) is 42.2. The van der Waals surface area contributed by atoms with E-state index in [0.717, 1.165) is 96.4 Å². The zero-order valence-corrected chi connectivity index (χ0v) is 42.2. The number of urea groups is 1. The molecule has 3 saturated heterocycles. The number of carbonyl (C=O) groups is 3. The van der Waals surface area contributed by atoms with E-state index >= 15 is 0 Å². The summed E-state index contributed by atoms with van der Waals surface area (Å²) in [6.07, 6.45) is 5.53. The first-order valence-corrected chi connectivity index (χ1v) is 25.4. The number of fused-ring (bicyclic) bond motifs is 4. The molecule has 73 heavy (non-hydrogen) atoms. The van der Waals surface area contributed by atoms with Gasteiger partial charge in [0.1, 0.15) is 17.8 Å². The van der Waals surface area contributed by atoms with Gasteiger partial charge in [0.2, 0.25) is 23.6 Å². The third-order valence-electron chi connectivity index (χ3n) is 15.6. The van der Waals surface area contributed by atoms with E-state index in [1.54, 1.807) is 28.8 Å². The molecule has 0 radical (unpaired) electrons. The molecule has 2 aromatic carbocycles. The maximum absolute atomic E-state index is 14.5. The molecule has 6 N–H and O–H groups in total. The van der Waals surface area contributed by atoms with Crippen LogP contribution in [0.1, 0.15) is 69.3 Å². The Morgan fingerprint density at radius 2 is 1.71 bits per heavy atom. The number of aromatic hydroxyl groups is 1. The molecule has 4 aliphatic heterocycles. The molecule has 4 aromatic heterocycles. The number of aromatic amines is 1. The number of aliphatic hydroxyl groups is 2. The van der Waals surface area contributed by atoms with E-state index in [4.69, 9.17) is 14.7 Å². The van der Waals surface area contributed by atoms with Crippen molar-refractivity contribution in [2.45, 2.75) is 89.7 Å². The second-order valence-corrected chi connectivity index (χ2v) is 20.6. The summed E-state index contributed by atoms with van der Waals surface area (Å²) in [5.41, 5.74) is 6.01. The highest BCUT2D eigenvalue weighted by atomic mass is 16.5. The maximum Gasteiger partial charge on any atom is 0.318 e. The molecule has 0 bridgehead atoms. The second kappa shape index (κ2) is 20.4. The fraction of sp³-hybridized carbons (Fsp3) is 0.500. The molecule has 8 heterocycles. The minimum absolute atomic E-state index is 0.0247. The Balaban J connectivity index is 0.721. The van der Waals surface area contributed by atoms with Crippen molar-refractivity contribution in [1.82, 2.24) is 60.3 Å². The van der Waals surface area contributed by atoms with Crippen LogP contribution in [-0.4, -0.2) is 173 Å². The number of nitrogens with zero attached hydrogens (tertiary/aromatic N) is 11. The van der Waals surface area contributed by atoms with E-state index in [1.807, 2.05) is 69.7 Å². The van der Waals surface area contributed by atoms with Crippen LogP contribution >= 0.6 is 0 Å². The minimum Gasteiger partial charge on any atom is -0.507 e. The molecule has 0 unspecified atom stereocenters. The van der Waals surface area contributed by atoms with Crippen LogP contribution < -0.4 is 25.2 Å². The number of aromatic nitrogens is 7. The van der Waals surface area contributed by atoms with Crippen molar-refractivity contribution in [1.29, 1.82) is 0 Å². The van der Waals surface area contributed by atoms with Gasteiger partial charge in [-0.15, -0.1) is 15.3 Å². The zero-order chi connectivity index (χ0) is 51.1. The van der Waals surface area contributed by atoms with Crippen LogP contribution in [0.5, 0.6) is 11.6 Å². The first-order chi connectivity index (χ1) is 35.2. The van der Waals surface area contributed by atoms with Gasteiger partial charge in [-0.1, -0.05) is 32.0 Å². The molecule has 0 spiro atoms. The number of hydrogen-bond acceptors (Lipinski definition) is 15. The smallest absolute Gasteiger partial charge is 0.318 e. The summed E-state index contributed by atoms with van der Waals surface area (Å²) in [4.78, 5) is 65.7. The molecule has 4 aliphatic rings. The number of nitrogens with one attached hydrogen (secondary N) is 3. The van der Waals surface area contributed by atoms with E-state index in [2.05, 4.69) is 52.5 Å². The number of hydrogen-bond donors (Lipinski definition) is 6. The van der Waals surface area contributed by atoms with Crippen LogP contribution in [0.3, 0.4) is 0 Å². The Labute approximate surface area is 423 Å². The molecule has 0 saturated carbocycles. The van der Waals surface area contributed by atoms with E-state index in [9.17, 15) is 29.7 Å². The van der Waals surface area contributed by atoms with Crippen molar-refractivity contribution in [3.8, 4) is 22.9 Å². The number of aryl methyl sites for hydroxylation is 1. The number of ether oxygens (including phenoxy) is 1. The van der Waals surface area contributed by atoms with Gasteiger partial charge in [-0.05, 0) is 67.5 Å². The number of amides is 4. The summed E-state index contributed by atoms with van der Waals surface area (Å²) in [5, 5.41) is 52.3. The molecule has 21 heteroatoms. The number of rotatable bonds is 13. The minimum atomic E-state index is -1.06. The van der Waals surface area contributed by atoms with Gasteiger partial charge in [-0.25, -0.2) is 14.8 Å². The number of piperazine rings is 1. The first kappa shape index (κ1) is 49.5. The van der Waals surface area contributed by atoms with Crippen LogP contribution in [0.4, 0.5) is 16.4 Å². The second-order valence-electron chi connectivity index (χ2n) is 20.6. The third kappa shape index (κ3) is 9.80. The van der Waals surface area contributed by atoms with Crippen LogP contribution in [-0.2, 0) is 29.6 Å². The highest BCUT2D eigenvalue weighted by Crippen LogP contribution is 2.39. The lowest BCUT2D eigenvalue weighted by molar-refractivity contribution is -0.142. The number of carbonyl (C=O) groups excluding carboxylic acids is 3. The van der Waals surface area contributed by atoms with Gasteiger partial charge in [-0.3, -0.25) is 19.2 Å². The Bertz CT molecular complexity index is 2980. The predicted octanol–water partition coefficient (Wildman–Crippen LogP) is 3.49. The summed E-state index contributed by atoms with van der Waals surface area (Å²) >= 11 is 0. The van der Waals surface area contributed by atoms with Crippen LogP contribution in [0.2, 0.25) is 0 Å². The molecule has 10 rings (SSSR count). The van der Waals surface area contributed by atoms with Gasteiger partial charge in [0.25, 0.3) is 0 Å². The lowest BCUT2D eigenvalue weighted by Crippen LogP contribution is -2.61. The van der Waals surface area contributed by atoms with Gasteiger partial charge in [0.05, 0.1) is 53.9 Å². The van der Waals surface area contributed by atoms with E-state index in [1.165, 1.54) is 4.90 Å². The largest absolute Gasteiger partial charge is 0.507 e. The van der Waals surface area contributed by atoms with Crippen molar-refractivity contribution in [3.05, 3.63) is 77.7 Å². The molecule has 3 fully saturated rings. The van der Waals surface area contributed by atoms with Crippen molar-refractivity contribution >= 4 is 51.4 Å². The lowest BCUT2D eigenvalue weighted by Gasteiger charge is -2.44. The van der Waals surface area contributed by atoms with Crippen LogP contribution in [0.25, 0.3) is 33.2 Å². The number of anilines is 2. The summed E-state index contributed by atoms with van der Waals surface area (Å²) in [5.74, 6) is 0.418. The molecule has 386 valence electrons. The van der Waals surface area contributed by atoms with Gasteiger partial charge in [-0.2, -0.15) is 0 Å². The predicted molar refractivity (Wildman–Crippen MR) is 274 cm³/mol. The number of phenols is 1. The van der Waals surface area contributed by atoms with Crippen molar-refractivity contribution in [2.24, 2.45) is 12.5 Å². The SMILES string of the molecule is COc1nn(C)c2ccc(CNC(=O)[C@@H]3C[C@@H](O)CN3C(=O)[C@@H](NC(=O)N3CCC(N4CCN(c5cnc(N6CCc7[nH]c8nnc(-c9ccccc9O)cc8c7[C@H]6C)nc5)CC4)CC3)C(C)(C)CCO)cc12. The van der Waals surface area contributed by atoms with Crippen LogP contribution in [0, 0.1) is 5.41 Å². The quantitative estimate of drug-likeness (QED) is 0.0970. The summed E-state index contributed by atoms with van der Waals surface area (Å²) in [6, 6.07) is 12.7. The monoisotopic (exact) mass is 999 g/mol. The number of aliphatic hydroxyl groups excluding tert-OH is 2. The van der Waals surface area contributed by atoms with Gasteiger partial charge >= 0.3 is 6.03 Å². The molecule has 4 amide bonds. The Morgan fingerprint density at radius 3 is 2.44 bits per heavy atom. The molecular weight excluding hydrogens is 933 g/mol. The Morgan fingerprint density at radius 1 is 0.959 bits per heavy atom. The number of H-pyrrole nitrogens is 1. The van der Waals surface area contributed by atoms with Crippen molar-refractivity contribution in [2.75, 3.05) is 75.9 Å². The number of phenolic OH excluding ortho intramolecular Hbond substituents is 1. The van der Waals surface area contributed by atoms with E-state index in [-0.39, 0.29) is 50.4 Å². The number of likely N-dealkylation sites (tertiary alicyclic amines) is 2. The van der Waals surface area contributed by atoms with E-state index < -0.39 is 35.4 Å². The van der Waals surface area contributed by atoms with Gasteiger partial charge in [0, 0.05) is 114 Å². The van der Waals surface area contributed by atoms with Gasteiger partial charge in [0.15, 0.2) is 5.65 Å². The highest BCUT2D eigenvalue weighted by Gasteiger charge is 2.46. The molecule has 0 aliphatic carbocycles. The topological polar surface area (TPSA) is 247 Å². The average molecular weight is 999 g/mol. The first-order valence-electron chi connectivity index (χ1n) is 25.4. The summed E-state index contributed by atoms with van der Waals surface area (Å²) in [6.45, 7) is 10.8. The normalized spacial score (nSPS) is 20.4. The van der Waals surface area contributed by atoms with Crippen molar-refractivity contribution in [3.63, 3.8) is 0 Å². The molecule has 21 nitrogen and oxygen atoms in total. The standard InChI is InChI=1S/C52H66N14O7/c1-31-44-38-26-40(36-8-6-7-9-43(36)69)58-59-46(38)56-39(44)14-18-65(31)50-54-28-34(29-55-50)63-21-19-62(20-22-63)33-12-16-64(17-13-33)51(72)57-45(52(2,3)15-23-67)49(71)66-30-35(68)25-42(66)47(70)53-27-32-10-11-41-37(24-32)48(73-5)60-61(41)4/h6-11,24,26,28-29,31,33,35,42,45,67-69H,12-23,25,27,30H2,1-5H3,(H,53,70)(H,56,59)(H,57,72)/t31-,35-,42+,45-/m1/s1. The maximum atomic E-state index is 14.5. The van der Waals surface area contributed by atoms with E-state index in [0.29, 0.717) is 42.2 Å². The fourth-order valence-corrected chi connectivity index (χ4v) is 11.4. The summed E-state index contributed by atoms with van der Waals surface area (Å²) < 4.78 is 7.15. The van der Waals surface area contributed by atoms with Crippen molar-refractivity contribution < 1.29 is 34.4 Å². The number of benzene rings is 2. The average Bonchev–Trinajstić information content (AvgIpc) is 4.09. The number of para-hydroxylation sites is 1. The molecular formula is C52H66N14O7. The fourth-order valence-electron chi connectivity index (χ4n) is 11.4. The number of methoxy groups -OCH3 is 1. The van der Waals surface area contributed by atoms with Crippen LogP contribution in [0.15, 0.2) is 60.9 Å². The molecule has 6 aromatic rings. The lowest BCUT2D eigenvalue weighted by atomic mass is 9.80. The molecule has 4 atom stereocenters. The Hall–Kier alpha value is -7.10. The van der Waals surface area contributed by atoms with Gasteiger partial charge < -0.3 is 55.3 Å².